The van der Waals surface area contributed by atoms with Gasteiger partial charge in [0.2, 0.25) is 0 Å². The lowest BCUT2D eigenvalue weighted by atomic mass is 9.44. The minimum atomic E-state index is -1.92. The van der Waals surface area contributed by atoms with E-state index in [0.717, 1.165) is 5.57 Å². The largest absolute Gasteiger partial charge is 0.390 e. The molecule has 0 radical (unpaired) electrons. The highest BCUT2D eigenvalue weighted by molar-refractivity contribution is 5.90. The molecule has 0 heterocycles. The second-order valence-corrected chi connectivity index (χ2v) is 11.1. The fourth-order valence-electron chi connectivity index (χ4n) is 7.61. The Morgan fingerprint density at radius 1 is 1.29 bits per heavy atom. The molecular weight excluding hydrogens is 399 g/mol. The summed E-state index contributed by atoms with van der Waals surface area (Å²) in [5, 5.41) is 33.1. The fraction of sp³-hybridized carbons (Fsp3) is 0.800. The summed E-state index contributed by atoms with van der Waals surface area (Å²) in [5.41, 5.74) is -4.69. The summed E-state index contributed by atoms with van der Waals surface area (Å²) in [6.45, 7) is 9.01. The smallest absolute Gasteiger partial charge is 0.190 e. The molecule has 0 bridgehead atoms. The van der Waals surface area contributed by atoms with Gasteiger partial charge >= 0.3 is 0 Å². The summed E-state index contributed by atoms with van der Waals surface area (Å²) < 4.78 is 22.6. The van der Waals surface area contributed by atoms with Crippen LogP contribution in [0.3, 0.4) is 0 Å². The first-order valence-electron chi connectivity index (χ1n) is 11.6. The minimum absolute atomic E-state index is 0.0121. The van der Waals surface area contributed by atoms with Crippen LogP contribution in [0.1, 0.15) is 60.3 Å². The van der Waals surface area contributed by atoms with Crippen LogP contribution in [0.25, 0.3) is 0 Å². The number of allylic oxidation sites excluding steroid dienone is 2. The van der Waals surface area contributed by atoms with E-state index in [9.17, 15) is 20.1 Å². The van der Waals surface area contributed by atoms with Crippen molar-refractivity contribution in [2.24, 2.45) is 28.6 Å². The Hall–Kier alpha value is -1.08. The van der Waals surface area contributed by atoms with Gasteiger partial charge in [0, 0.05) is 16.7 Å². The van der Waals surface area contributed by atoms with Crippen LogP contribution >= 0.6 is 0 Å². The number of aliphatic hydroxyl groups is 3. The quantitative estimate of drug-likeness (QED) is 0.590. The molecule has 4 rings (SSSR count). The van der Waals surface area contributed by atoms with Gasteiger partial charge in [-0.25, -0.2) is 4.39 Å². The monoisotopic (exact) mass is 436 g/mol. The molecule has 174 valence electrons. The number of fused-ring (bicyclic) bond motifs is 5. The highest BCUT2D eigenvalue weighted by Gasteiger charge is 2.75. The van der Waals surface area contributed by atoms with E-state index >= 15 is 4.39 Å². The summed E-state index contributed by atoms with van der Waals surface area (Å²) in [5.74, 6) is -1.45. The molecule has 3 N–H and O–H groups in total. The maximum absolute atomic E-state index is 17.1. The Morgan fingerprint density at radius 2 is 1.97 bits per heavy atom. The molecule has 31 heavy (non-hydrogen) atoms. The first-order valence-corrected chi connectivity index (χ1v) is 11.6. The molecule has 0 saturated heterocycles. The van der Waals surface area contributed by atoms with Crippen molar-refractivity contribution in [1.82, 2.24) is 0 Å². The number of halogens is 1. The van der Waals surface area contributed by atoms with Gasteiger partial charge in [-0.05, 0) is 58.3 Å². The molecule has 4 aliphatic carbocycles. The zero-order chi connectivity index (χ0) is 23.0. The molecule has 0 amide bonds. The summed E-state index contributed by atoms with van der Waals surface area (Å²) in [6.07, 6.45) is 4.51. The van der Waals surface area contributed by atoms with Crippen LogP contribution < -0.4 is 0 Å². The van der Waals surface area contributed by atoms with E-state index in [1.165, 1.54) is 0 Å². The Kier molecular flexibility index (Phi) is 5.37. The van der Waals surface area contributed by atoms with Crippen LogP contribution in [0.4, 0.5) is 4.39 Å². The van der Waals surface area contributed by atoms with Gasteiger partial charge in [-0.15, -0.1) is 0 Å². The first kappa shape index (κ1) is 23.1. The molecule has 1 unspecified atom stereocenters. The lowest BCUT2D eigenvalue weighted by molar-refractivity contribution is -0.220. The predicted molar refractivity (Wildman–Crippen MR) is 115 cm³/mol. The Balaban J connectivity index is 1.74. The SMILES string of the molecule is CC(C)OCC(=O)[C@@]1(O)[C@H](C)C[C@H]2[C@@H]3CCC4=CC(O)C=C[C@]4(C)[C@@]3(F)[C@@H](O)C[C@@]21C. The molecule has 0 aromatic carbocycles. The third-order valence-corrected chi connectivity index (χ3v) is 9.30. The zero-order valence-electron chi connectivity index (χ0n) is 19.3. The topological polar surface area (TPSA) is 87.0 Å². The van der Waals surface area contributed by atoms with Crippen molar-refractivity contribution in [3.8, 4) is 0 Å². The van der Waals surface area contributed by atoms with Gasteiger partial charge in [0.15, 0.2) is 11.5 Å². The van der Waals surface area contributed by atoms with E-state index in [-0.39, 0.29) is 36.8 Å². The van der Waals surface area contributed by atoms with Crippen molar-refractivity contribution in [1.29, 1.82) is 0 Å². The molecule has 0 spiro atoms. The van der Waals surface area contributed by atoms with E-state index in [4.69, 9.17) is 4.74 Å². The molecule has 0 aromatic heterocycles. The predicted octanol–water partition coefficient (Wildman–Crippen LogP) is 3.12. The summed E-state index contributed by atoms with van der Waals surface area (Å²) in [4.78, 5) is 13.2. The van der Waals surface area contributed by atoms with Crippen molar-refractivity contribution in [3.05, 3.63) is 23.8 Å². The highest BCUT2D eigenvalue weighted by Crippen LogP contribution is 2.70. The number of ketones is 1. The number of carbonyl (C=O) groups excluding carboxylic acids is 1. The molecule has 0 aliphatic heterocycles. The van der Waals surface area contributed by atoms with Gasteiger partial charge in [0.1, 0.15) is 12.2 Å². The molecule has 9 atom stereocenters. The van der Waals surface area contributed by atoms with E-state index in [2.05, 4.69) is 0 Å². The van der Waals surface area contributed by atoms with E-state index in [0.29, 0.717) is 19.3 Å². The van der Waals surface area contributed by atoms with Gasteiger partial charge in [-0.1, -0.05) is 37.6 Å². The maximum atomic E-state index is 17.1. The van der Waals surface area contributed by atoms with Crippen LogP contribution in [0, 0.1) is 28.6 Å². The summed E-state index contributed by atoms with van der Waals surface area (Å²) in [6, 6.07) is 0. The fourth-order valence-corrected chi connectivity index (χ4v) is 7.61. The molecular formula is C25H37FO5. The van der Waals surface area contributed by atoms with Gasteiger partial charge < -0.3 is 20.1 Å². The number of alkyl halides is 1. The van der Waals surface area contributed by atoms with Gasteiger partial charge in [0.05, 0.1) is 18.3 Å². The maximum Gasteiger partial charge on any atom is 0.190 e. The number of hydrogen-bond donors (Lipinski definition) is 3. The number of ether oxygens (including phenoxy) is 1. The number of rotatable bonds is 4. The van der Waals surface area contributed by atoms with Gasteiger partial charge in [0.25, 0.3) is 0 Å². The van der Waals surface area contributed by atoms with E-state index < -0.39 is 40.2 Å². The van der Waals surface area contributed by atoms with E-state index in [1.54, 1.807) is 18.2 Å². The first-order chi connectivity index (χ1) is 14.3. The van der Waals surface area contributed by atoms with Crippen LogP contribution in [0.15, 0.2) is 23.8 Å². The molecule has 3 saturated carbocycles. The van der Waals surface area contributed by atoms with Crippen LogP contribution in [0.2, 0.25) is 0 Å². The zero-order valence-corrected chi connectivity index (χ0v) is 19.3. The van der Waals surface area contributed by atoms with E-state index in [1.807, 2.05) is 34.6 Å². The lowest BCUT2D eigenvalue weighted by Crippen LogP contribution is -2.69. The highest BCUT2D eigenvalue weighted by atomic mass is 19.1. The molecule has 5 nitrogen and oxygen atoms in total. The van der Waals surface area contributed by atoms with Crippen LogP contribution in [-0.4, -0.2) is 57.3 Å². The second-order valence-electron chi connectivity index (χ2n) is 11.1. The Bertz CT molecular complexity index is 823. The van der Waals surface area contributed by atoms with Crippen molar-refractivity contribution in [2.45, 2.75) is 89.9 Å². The van der Waals surface area contributed by atoms with Crippen molar-refractivity contribution in [3.63, 3.8) is 0 Å². The molecule has 0 aromatic rings. The van der Waals surface area contributed by atoms with Crippen molar-refractivity contribution in [2.75, 3.05) is 6.61 Å². The lowest BCUT2D eigenvalue weighted by Gasteiger charge is -2.62. The number of Topliss-reactive ketones (excluding diaryl/α,β-unsaturated/α-hetero) is 1. The van der Waals surface area contributed by atoms with Crippen molar-refractivity contribution >= 4 is 5.78 Å². The average Bonchev–Trinajstić information content (AvgIpc) is 2.89. The molecule has 4 aliphatic rings. The van der Waals surface area contributed by atoms with Gasteiger partial charge in [-0.2, -0.15) is 0 Å². The van der Waals surface area contributed by atoms with Crippen LogP contribution in [-0.2, 0) is 9.53 Å². The second kappa shape index (κ2) is 7.21. The van der Waals surface area contributed by atoms with Gasteiger partial charge in [-0.3, -0.25) is 4.79 Å². The summed E-state index contributed by atoms with van der Waals surface area (Å²) >= 11 is 0. The molecule has 3 fully saturated rings. The Labute approximate surface area is 184 Å². The van der Waals surface area contributed by atoms with Crippen molar-refractivity contribution < 1.29 is 29.2 Å². The molecule has 6 heteroatoms. The number of carbonyl (C=O) groups is 1. The summed E-state index contributed by atoms with van der Waals surface area (Å²) in [7, 11) is 0. The normalized spacial score (nSPS) is 51.2. The standard InChI is InChI=1S/C25H37FO5/c1-14(2)31-13-21(29)25(30)15(3)10-19-18-7-6-16-11-17(27)8-9-22(16,4)24(18,26)20(28)12-23(19,25)5/h8-9,11,14-15,17-20,27-28,30H,6-7,10,12-13H2,1-5H3/t15-,17?,18+,19+,20+,22+,23+,24+,25+/m1/s1. The third-order valence-electron chi connectivity index (χ3n) is 9.30. The minimum Gasteiger partial charge on any atom is -0.390 e. The van der Waals surface area contributed by atoms with Crippen LogP contribution in [0.5, 0.6) is 0 Å². The average molecular weight is 437 g/mol. The number of hydrogen-bond acceptors (Lipinski definition) is 5. The third kappa shape index (κ3) is 2.84. The Morgan fingerprint density at radius 3 is 2.61 bits per heavy atom. The number of aliphatic hydroxyl groups excluding tert-OH is 2.